The highest BCUT2D eigenvalue weighted by molar-refractivity contribution is 6.03. The molecule has 0 aliphatic heterocycles. The maximum Gasteiger partial charge on any atom is 0.327 e. The summed E-state index contributed by atoms with van der Waals surface area (Å²) in [6.45, 7) is 9.39. The monoisotopic (exact) mass is 378 g/mol. The fourth-order valence-electron chi connectivity index (χ4n) is 3.93. The highest BCUT2D eigenvalue weighted by Gasteiger charge is 2.60. The van der Waals surface area contributed by atoms with Gasteiger partial charge in [-0.3, -0.25) is 14.4 Å². The molecule has 0 aromatic rings. The Hall–Kier alpha value is -2.11. The Kier molecular flexibility index (Phi) is 5.88. The van der Waals surface area contributed by atoms with Gasteiger partial charge in [0.15, 0.2) is 5.41 Å². The molecule has 0 saturated heterocycles. The highest BCUT2D eigenvalue weighted by atomic mass is 16.6. The van der Waals surface area contributed by atoms with E-state index in [1.165, 1.54) is 14.2 Å². The van der Waals surface area contributed by atoms with Gasteiger partial charge in [0.2, 0.25) is 0 Å². The summed E-state index contributed by atoms with van der Waals surface area (Å²) in [6.07, 6.45) is 5.34. The molecule has 27 heavy (non-hydrogen) atoms. The lowest BCUT2D eigenvalue weighted by molar-refractivity contribution is -0.170. The first-order valence-corrected chi connectivity index (χ1v) is 9.27. The number of rotatable bonds is 4. The van der Waals surface area contributed by atoms with Crippen LogP contribution in [0.4, 0.5) is 0 Å². The largest absolute Gasteiger partial charge is 0.468 e. The van der Waals surface area contributed by atoms with Gasteiger partial charge >= 0.3 is 17.9 Å². The van der Waals surface area contributed by atoms with Crippen molar-refractivity contribution >= 4 is 17.9 Å². The fraction of sp³-hybridized carbons (Fsp3) is 0.667. The third-order valence-corrected chi connectivity index (χ3v) is 5.40. The van der Waals surface area contributed by atoms with Gasteiger partial charge in [0, 0.05) is 11.8 Å². The van der Waals surface area contributed by atoms with Gasteiger partial charge in [-0.05, 0) is 39.2 Å². The van der Waals surface area contributed by atoms with E-state index in [0.29, 0.717) is 6.42 Å². The van der Waals surface area contributed by atoms with E-state index in [2.05, 4.69) is 0 Å². The molecule has 0 fully saturated rings. The molecule has 0 saturated carbocycles. The Bertz CT molecular complexity index is 663. The van der Waals surface area contributed by atoms with Crippen LogP contribution in [0.2, 0.25) is 0 Å². The smallest absolute Gasteiger partial charge is 0.327 e. The van der Waals surface area contributed by atoms with Crippen LogP contribution in [0.1, 0.15) is 41.0 Å². The number of methoxy groups -OCH3 is 2. The quantitative estimate of drug-likeness (QED) is 0.324. The van der Waals surface area contributed by atoms with Crippen molar-refractivity contribution in [1.29, 1.82) is 0 Å². The lowest BCUT2D eigenvalue weighted by atomic mass is 9.69. The SMILES string of the molecule is COC(=O)C1(C(=O)OC)C=C(C(C)C)[C@H]2C=C[C@H](OC(=O)C(C)(C)C)C[C@H]21. The molecule has 0 aromatic heterocycles. The molecule has 0 N–H and O–H groups in total. The van der Waals surface area contributed by atoms with Gasteiger partial charge in [0.05, 0.1) is 19.6 Å². The molecule has 2 aliphatic carbocycles. The predicted molar refractivity (Wildman–Crippen MR) is 99.5 cm³/mol. The minimum atomic E-state index is -1.52. The van der Waals surface area contributed by atoms with Crippen molar-refractivity contribution < 1.29 is 28.6 Å². The van der Waals surface area contributed by atoms with Crippen molar-refractivity contribution in [3.05, 3.63) is 23.8 Å². The van der Waals surface area contributed by atoms with Crippen LogP contribution in [-0.4, -0.2) is 38.2 Å². The average Bonchev–Trinajstić information content (AvgIpc) is 2.95. The lowest BCUT2D eigenvalue weighted by Gasteiger charge is -2.37. The van der Waals surface area contributed by atoms with Crippen LogP contribution in [0.5, 0.6) is 0 Å². The van der Waals surface area contributed by atoms with E-state index < -0.39 is 34.8 Å². The normalized spacial score (nSPS) is 26.2. The minimum Gasteiger partial charge on any atom is -0.468 e. The van der Waals surface area contributed by atoms with Crippen molar-refractivity contribution in [2.24, 2.45) is 28.6 Å². The number of hydrogen-bond donors (Lipinski definition) is 0. The summed E-state index contributed by atoms with van der Waals surface area (Å²) >= 11 is 0. The molecule has 6 heteroatoms. The Morgan fingerprint density at radius 3 is 2.07 bits per heavy atom. The maximum absolute atomic E-state index is 12.7. The number of carbonyl (C=O) groups excluding carboxylic acids is 3. The van der Waals surface area contributed by atoms with E-state index in [9.17, 15) is 14.4 Å². The van der Waals surface area contributed by atoms with Crippen LogP contribution in [0.25, 0.3) is 0 Å². The zero-order valence-corrected chi connectivity index (χ0v) is 17.2. The molecule has 0 bridgehead atoms. The van der Waals surface area contributed by atoms with E-state index in [1.54, 1.807) is 26.8 Å². The summed E-state index contributed by atoms with van der Waals surface area (Å²) in [4.78, 5) is 37.8. The number of carbonyl (C=O) groups is 3. The molecule has 6 nitrogen and oxygen atoms in total. The predicted octanol–water partition coefficient (Wildman–Crippen LogP) is 3.07. The second-order valence-electron chi connectivity index (χ2n) is 8.60. The van der Waals surface area contributed by atoms with Crippen LogP contribution >= 0.6 is 0 Å². The lowest BCUT2D eigenvalue weighted by Crippen LogP contribution is -2.47. The van der Waals surface area contributed by atoms with Crippen molar-refractivity contribution in [1.82, 2.24) is 0 Å². The number of fused-ring (bicyclic) bond motifs is 1. The standard InChI is InChI=1S/C21H30O6/c1-12(2)15-11-21(18(23)25-6,19(24)26-7)16-10-13(8-9-14(15)16)27-17(22)20(3,4)5/h8-9,11-14,16H,10H2,1-7H3/t13-,14+,16+/m0/s1. The van der Waals surface area contributed by atoms with Gasteiger partial charge in [-0.2, -0.15) is 0 Å². The van der Waals surface area contributed by atoms with Crippen molar-refractivity contribution in [3.63, 3.8) is 0 Å². The highest BCUT2D eigenvalue weighted by Crippen LogP contribution is 2.53. The first kappa shape index (κ1) is 21.2. The Morgan fingerprint density at radius 2 is 1.63 bits per heavy atom. The third kappa shape index (κ3) is 3.66. The Labute approximate surface area is 160 Å². The molecule has 150 valence electrons. The molecule has 0 spiro atoms. The minimum absolute atomic E-state index is 0.104. The summed E-state index contributed by atoms with van der Waals surface area (Å²) in [6, 6.07) is 0. The van der Waals surface area contributed by atoms with E-state index in [1.807, 2.05) is 26.0 Å². The van der Waals surface area contributed by atoms with Gasteiger partial charge in [-0.15, -0.1) is 0 Å². The summed E-state index contributed by atoms with van der Waals surface area (Å²) < 4.78 is 15.6. The second kappa shape index (κ2) is 7.49. The second-order valence-corrected chi connectivity index (χ2v) is 8.60. The van der Waals surface area contributed by atoms with Crippen molar-refractivity contribution in [2.45, 2.75) is 47.1 Å². The van der Waals surface area contributed by atoms with Gasteiger partial charge in [0.1, 0.15) is 6.10 Å². The third-order valence-electron chi connectivity index (χ3n) is 5.40. The molecule has 2 rings (SSSR count). The van der Waals surface area contributed by atoms with E-state index in [0.717, 1.165) is 5.57 Å². The first-order chi connectivity index (χ1) is 12.5. The van der Waals surface area contributed by atoms with Gasteiger partial charge in [-0.1, -0.05) is 31.6 Å². The molecule has 0 amide bonds. The van der Waals surface area contributed by atoms with Crippen LogP contribution in [0.3, 0.4) is 0 Å². The number of hydrogen-bond acceptors (Lipinski definition) is 6. The summed E-state index contributed by atoms with van der Waals surface area (Å²) in [7, 11) is 2.53. The molecule has 2 aliphatic rings. The van der Waals surface area contributed by atoms with Crippen LogP contribution in [-0.2, 0) is 28.6 Å². The number of esters is 3. The molecule has 3 atom stereocenters. The fourth-order valence-corrected chi connectivity index (χ4v) is 3.93. The van der Waals surface area contributed by atoms with E-state index in [-0.39, 0.29) is 17.8 Å². The zero-order chi connectivity index (χ0) is 20.6. The first-order valence-electron chi connectivity index (χ1n) is 9.27. The summed E-state index contributed by atoms with van der Waals surface area (Å²) in [5.41, 5.74) is -1.17. The number of ether oxygens (including phenoxy) is 3. The summed E-state index contributed by atoms with van der Waals surface area (Å²) in [5, 5.41) is 0. The molecule has 0 radical (unpaired) electrons. The number of allylic oxidation sites excluding steroid dienone is 2. The Balaban J connectivity index is 2.45. The average molecular weight is 378 g/mol. The Morgan fingerprint density at radius 1 is 1.07 bits per heavy atom. The maximum atomic E-state index is 12.7. The topological polar surface area (TPSA) is 78.9 Å². The van der Waals surface area contributed by atoms with Gasteiger partial charge in [-0.25, -0.2) is 0 Å². The molecule has 0 heterocycles. The van der Waals surface area contributed by atoms with E-state index >= 15 is 0 Å². The van der Waals surface area contributed by atoms with Crippen molar-refractivity contribution in [2.75, 3.05) is 14.2 Å². The van der Waals surface area contributed by atoms with Crippen LogP contribution in [0.15, 0.2) is 23.8 Å². The van der Waals surface area contributed by atoms with Crippen molar-refractivity contribution in [3.8, 4) is 0 Å². The van der Waals surface area contributed by atoms with Gasteiger partial charge < -0.3 is 14.2 Å². The summed E-state index contributed by atoms with van der Waals surface area (Å²) in [5.74, 6) is -1.99. The van der Waals surface area contributed by atoms with Crippen LogP contribution in [0, 0.1) is 28.6 Å². The van der Waals surface area contributed by atoms with Gasteiger partial charge in [0.25, 0.3) is 0 Å². The zero-order valence-electron chi connectivity index (χ0n) is 17.2. The van der Waals surface area contributed by atoms with E-state index in [4.69, 9.17) is 14.2 Å². The molecular formula is C21H30O6. The molecule has 0 aromatic carbocycles. The molecular weight excluding hydrogens is 348 g/mol. The van der Waals surface area contributed by atoms with Crippen LogP contribution < -0.4 is 0 Å². The molecule has 0 unspecified atom stereocenters.